The van der Waals surface area contributed by atoms with Gasteiger partial charge in [-0.15, -0.1) is 0 Å². The van der Waals surface area contributed by atoms with Crippen molar-refractivity contribution < 1.29 is 9.53 Å². The van der Waals surface area contributed by atoms with Gasteiger partial charge in [-0.05, 0) is 19.8 Å². The molecule has 1 atom stereocenters. The van der Waals surface area contributed by atoms with Gasteiger partial charge in [-0.3, -0.25) is 9.69 Å². The van der Waals surface area contributed by atoms with E-state index in [0.29, 0.717) is 25.8 Å². The number of amides is 1. The molecule has 17 heavy (non-hydrogen) atoms. The summed E-state index contributed by atoms with van der Waals surface area (Å²) >= 11 is 0. The summed E-state index contributed by atoms with van der Waals surface area (Å²) in [5.41, 5.74) is 5.62. The first-order valence-electron chi connectivity index (χ1n) is 6.56. The molecule has 2 N–H and O–H groups in total. The summed E-state index contributed by atoms with van der Waals surface area (Å²) in [5.74, 6) is 0.230. The van der Waals surface area contributed by atoms with E-state index in [1.807, 2.05) is 11.8 Å². The van der Waals surface area contributed by atoms with Crippen molar-refractivity contribution in [2.45, 2.75) is 31.8 Å². The molecule has 0 radical (unpaired) electrons. The first-order valence-corrected chi connectivity index (χ1v) is 6.56. The van der Waals surface area contributed by atoms with Gasteiger partial charge in [-0.1, -0.05) is 0 Å². The van der Waals surface area contributed by atoms with E-state index < -0.39 is 0 Å². The second-order valence-corrected chi connectivity index (χ2v) is 4.87. The SMILES string of the molecule is CC(C(=O)N1CCOCC1)N(CCN)C1CC1. The molecule has 2 rings (SSSR count). The third kappa shape index (κ3) is 3.18. The topological polar surface area (TPSA) is 58.8 Å². The number of nitrogens with zero attached hydrogens (tertiary/aromatic N) is 2. The second kappa shape index (κ2) is 5.80. The van der Waals surface area contributed by atoms with Gasteiger partial charge in [0.25, 0.3) is 0 Å². The van der Waals surface area contributed by atoms with Gasteiger partial charge >= 0.3 is 0 Å². The van der Waals surface area contributed by atoms with Crippen LogP contribution in [-0.2, 0) is 9.53 Å². The van der Waals surface area contributed by atoms with Crippen molar-refractivity contribution in [3.63, 3.8) is 0 Å². The van der Waals surface area contributed by atoms with Gasteiger partial charge in [-0.2, -0.15) is 0 Å². The molecule has 5 heteroatoms. The van der Waals surface area contributed by atoms with E-state index in [1.165, 1.54) is 12.8 Å². The van der Waals surface area contributed by atoms with E-state index in [0.717, 1.165) is 19.6 Å². The molecule has 2 aliphatic rings. The van der Waals surface area contributed by atoms with Crippen molar-refractivity contribution in [2.24, 2.45) is 5.73 Å². The lowest BCUT2D eigenvalue weighted by Crippen LogP contribution is -2.52. The third-order valence-electron chi connectivity index (χ3n) is 3.58. The Hall–Kier alpha value is -0.650. The number of hydrogen-bond acceptors (Lipinski definition) is 4. The minimum Gasteiger partial charge on any atom is -0.378 e. The van der Waals surface area contributed by atoms with Gasteiger partial charge in [0.05, 0.1) is 19.3 Å². The quantitative estimate of drug-likeness (QED) is 0.715. The molecule has 1 aliphatic carbocycles. The number of carbonyl (C=O) groups excluding carboxylic acids is 1. The number of ether oxygens (including phenoxy) is 1. The van der Waals surface area contributed by atoms with E-state index in [-0.39, 0.29) is 11.9 Å². The van der Waals surface area contributed by atoms with Gasteiger partial charge in [0.1, 0.15) is 0 Å². The fourth-order valence-corrected chi connectivity index (χ4v) is 2.44. The predicted molar refractivity (Wildman–Crippen MR) is 65.6 cm³/mol. The van der Waals surface area contributed by atoms with Gasteiger partial charge in [0, 0.05) is 32.2 Å². The van der Waals surface area contributed by atoms with E-state index in [2.05, 4.69) is 4.90 Å². The predicted octanol–water partition coefficient (Wildman–Crippen LogP) is -0.343. The average Bonchev–Trinajstić information content (AvgIpc) is 3.19. The standard InChI is InChI=1S/C12H23N3O2/c1-10(15(5-4-13)11-2-3-11)12(16)14-6-8-17-9-7-14/h10-11H,2-9,13H2,1H3. The number of nitrogens with two attached hydrogens (primary N) is 1. The molecule has 0 aromatic carbocycles. The fraction of sp³-hybridized carbons (Fsp3) is 0.917. The molecule has 2 fully saturated rings. The van der Waals surface area contributed by atoms with Crippen LogP contribution in [0.4, 0.5) is 0 Å². The summed E-state index contributed by atoms with van der Waals surface area (Å²) in [4.78, 5) is 16.5. The van der Waals surface area contributed by atoms with E-state index in [9.17, 15) is 4.79 Å². The van der Waals surface area contributed by atoms with Gasteiger partial charge < -0.3 is 15.4 Å². The third-order valence-corrected chi connectivity index (χ3v) is 3.58. The Morgan fingerprint density at radius 1 is 1.47 bits per heavy atom. The van der Waals surface area contributed by atoms with Crippen molar-refractivity contribution in [3.05, 3.63) is 0 Å². The molecule has 5 nitrogen and oxygen atoms in total. The Balaban J connectivity index is 1.91. The van der Waals surface area contributed by atoms with Crippen LogP contribution in [0.3, 0.4) is 0 Å². The highest BCUT2D eigenvalue weighted by Crippen LogP contribution is 2.28. The molecule has 1 amide bonds. The number of hydrogen-bond donors (Lipinski definition) is 1. The number of morpholine rings is 1. The Morgan fingerprint density at radius 3 is 2.65 bits per heavy atom. The summed E-state index contributed by atoms with van der Waals surface area (Å²) in [7, 11) is 0. The molecule has 1 heterocycles. The normalized spacial score (nSPS) is 22.9. The summed E-state index contributed by atoms with van der Waals surface area (Å²) in [5, 5.41) is 0. The van der Waals surface area contributed by atoms with E-state index in [1.54, 1.807) is 0 Å². The van der Waals surface area contributed by atoms with Crippen LogP contribution in [0, 0.1) is 0 Å². The Morgan fingerprint density at radius 2 is 2.12 bits per heavy atom. The van der Waals surface area contributed by atoms with Crippen molar-refractivity contribution >= 4 is 5.91 Å². The molecule has 1 aliphatic heterocycles. The highest BCUT2D eigenvalue weighted by atomic mass is 16.5. The maximum atomic E-state index is 12.3. The van der Waals surface area contributed by atoms with E-state index >= 15 is 0 Å². The molecule has 98 valence electrons. The monoisotopic (exact) mass is 241 g/mol. The zero-order valence-electron chi connectivity index (χ0n) is 10.6. The molecular formula is C12H23N3O2. The van der Waals surface area contributed by atoms with Crippen LogP contribution >= 0.6 is 0 Å². The Kier molecular flexibility index (Phi) is 4.36. The first-order chi connectivity index (χ1) is 8.24. The van der Waals surface area contributed by atoms with Crippen LogP contribution in [0.1, 0.15) is 19.8 Å². The minimum absolute atomic E-state index is 0.0378. The lowest BCUT2D eigenvalue weighted by molar-refractivity contribution is -0.140. The summed E-state index contributed by atoms with van der Waals surface area (Å²) in [6.45, 7) is 6.23. The van der Waals surface area contributed by atoms with Crippen molar-refractivity contribution in [1.82, 2.24) is 9.80 Å². The van der Waals surface area contributed by atoms with Crippen molar-refractivity contribution in [2.75, 3.05) is 39.4 Å². The highest BCUT2D eigenvalue weighted by molar-refractivity contribution is 5.81. The highest BCUT2D eigenvalue weighted by Gasteiger charge is 2.36. The summed E-state index contributed by atoms with van der Waals surface area (Å²) in [6.07, 6.45) is 2.42. The number of carbonyl (C=O) groups is 1. The molecule has 1 unspecified atom stereocenters. The van der Waals surface area contributed by atoms with Crippen LogP contribution in [0.15, 0.2) is 0 Å². The number of rotatable bonds is 5. The minimum atomic E-state index is -0.0378. The maximum absolute atomic E-state index is 12.3. The second-order valence-electron chi connectivity index (χ2n) is 4.87. The van der Waals surface area contributed by atoms with E-state index in [4.69, 9.17) is 10.5 Å². The smallest absolute Gasteiger partial charge is 0.239 e. The zero-order valence-corrected chi connectivity index (χ0v) is 10.6. The largest absolute Gasteiger partial charge is 0.378 e. The Labute approximate surface area is 103 Å². The van der Waals surface area contributed by atoms with Crippen molar-refractivity contribution in [1.29, 1.82) is 0 Å². The van der Waals surface area contributed by atoms with Crippen LogP contribution in [0.25, 0.3) is 0 Å². The van der Waals surface area contributed by atoms with Gasteiger partial charge in [-0.25, -0.2) is 0 Å². The van der Waals surface area contributed by atoms with Crippen molar-refractivity contribution in [3.8, 4) is 0 Å². The van der Waals surface area contributed by atoms with Gasteiger partial charge in [0.2, 0.25) is 5.91 Å². The molecule has 1 saturated heterocycles. The van der Waals surface area contributed by atoms with Crippen LogP contribution < -0.4 is 5.73 Å². The van der Waals surface area contributed by atoms with Crippen LogP contribution in [0.2, 0.25) is 0 Å². The Bertz CT molecular complexity index is 262. The van der Waals surface area contributed by atoms with Gasteiger partial charge in [0.15, 0.2) is 0 Å². The zero-order chi connectivity index (χ0) is 12.3. The summed E-state index contributed by atoms with van der Waals surface area (Å²) < 4.78 is 5.27. The molecule has 0 spiro atoms. The van der Waals surface area contributed by atoms with Crippen LogP contribution in [0.5, 0.6) is 0 Å². The first kappa shape index (κ1) is 12.8. The fourth-order valence-electron chi connectivity index (χ4n) is 2.44. The average molecular weight is 241 g/mol. The molecule has 1 saturated carbocycles. The molecular weight excluding hydrogens is 218 g/mol. The maximum Gasteiger partial charge on any atom is 0.239 e. The molecule has 0 aromatic rings. The lowest BCUT2D eigenvalue weighted by atomic mass is 10.2. The molecule has 0 aromatic heterocycles. The lowest BCUT2D eigenvalue weighted by Gasteiger charge is -2.34. The van der Waals surface area contributed by atoms with Crippen LogP contribution in [-0.4, -0.2) is 67.2 Å². The summed E-state index contributed by atoms with van der Waals surface area (Å²) in [6, 6.07) is 0.544. The molecule has 0 bridgehead atoms.